The zero-order chi connectivity index (χ0) is 17.5. The van der Waals surface area contributed by atoms with Crippen LogP contribution in [0, 0.1) is 6.92 Å². The van der Waals surface area contributed by atoms with Crippen LogP contribution in [0.1, 0.15) is 43.4 Å². The van der Waals surface area contributed by atoms with E-state index < -0.39 is 0 Å². The van der Waals surface area contributed by atoms with E-state index >= 15 is 0 Å². The first-order valence-electron chi connectivity index (χ1n) is 8.18. The number of nitrogens with zero attached hydrogens (tertiary/aromatic N) is 2. The van der Waals surface area contributed by atoms with Crippen LogP contribution < -0.4 is 15.4 Å². The summed E-state index contributed by atoms with van der Waals surface area (Å²) in [5.74, 6) is 0.810. The number of anilines is 2. The number of aromatic nitrogens is 2. The average molecular weight is 328 g/mol. The highest BCUT2D eigenvalue weighted by molar-refractivity contribution is 6.03. The first-order valence-corrected chi connectivity index (χ1v) is 8.18. The van der Waals surface area contributed by atoms with E-state index in [2.05, 4.69) is 27.5 Å². The van der Waals surface area contributed by atoms with E-state index in [4.69, 9.17) is 4.74 Å². The highest BCUT2D eigenvalue weighted by Gasteiger charge is 2.14. The van der Waals surface area contributed by atoms with Gasteiger partial charge in [-0.3, -0.25) is 4.79 Å². The summed E-state index contributed by atoms with van der Waals surface area (Å²) >= 11 is 0. The molecule has 128 valence electrons. The third-order valence-corrected chi connectivity index (χ3v) is 3.51. The number of carbonyl (C=O) groups excluding carboxylic acids is 1. The van der Waals surface area contributed by atoms with Gasteiger partial charge in [0.05, 0.1) is 12.3 Å². The lowest BCUT2D eigenvalue weighted by molar-refractivity contribution is 0.102. The highest BCUT2D eigenvalue weighted by Crippen LogP contribution is 2.24. The van der Waals surface area contributed by atoms with Gasteiger partial charge in [0.25, 0.3) is 5.91 Å². The molecular weight excluding hydrogens is 304 g/mol. The standard InChI is InChI=1S/C18H24N4O2/c1-5-12(3)19-18-20-13(4)11-15(22-18)17(23)21-14-9-7-8-10-16(14)24-6-2/h7-12H,5-6H2,1-4H3,(H,21,23)(H,19,20,22). The predicted molar refractivity (Wildman–Crippen MR) is 95.7 cm³/mol. The molecular formula is C18H24N4O2. The minimum atomic E-state index is -0.292. The van der Waals surface area contributed by atoms with Gasteiger partial charge in [0.1, 0.15) is 11.4 Å². The van der Waals surface area contributed by atoms with Gasteiger partial charge in [0.2, 0.25) is 5.95 Å². The van der Waals surface area contributed by atoms with Crippen LogP contribution in [-0.2, 0) is 0 Å². The van der Waals surface area contributed by atoms with Crippen molar-refractivity contribution >= 4 is 17.5 Å². The molecule has 1 aromatic carbocycles. The maximum absolute atomic E-state index is 12.5. The minimum absolute atomic E-state index is 0.237. The molecule has 6 heteroatoms. The lowest BCUT2D eigenvalue weighted by Gasteiger charge is -2.14. The number of rotatable bonds is 7. The summed E-state index contributed by atoms with van der Waals surface area (Å²) in [6.07, 6.45) is 0.945. The van der Waals surface area contributed by atoms with Crippen LogP contribution in [-0.4, -0.2) is 28.5 Å². The molecule has 1 atom stereocenters. The van der Waals surface area contributed by atoms with Crippen molar-refractivity contribution in [1.82, 2.24) is 9.97 Å². The Morgan fingerprint density at radius 1 is 1.25 bits per heavy atom. The molecule has 0 fully saturated rings. The fourth-order valence-electron chi connectivity index (χ4n) is 2.11. The van der Waals surface area contributed by atoms with Crippen molar-refractivity contribution in [3.8, 4) is 5.75 Å². The Bertz CT molecular complexity index is 703. The van der Waals surface area contributed by atoms with Gasteiger partial charge in [-0.1, -0.05) is 19.1 Å². The Labute approximate surface area is 142 Å². The summed E-state index contributed by atoms with van der Waals surface area (Å²) in [4.78, 5) is 21.2. The Morgan fingerprint density at radius 2 is 2.00 bits per heavy atom. The van der Waals surface area contributed by atoms with E-state index in [9.17, 15) is 4.79 Å². The van der Waals surface area contributed by atoms with Gasteiger partial charge in [-0.15, -0.1) is 0 Å². The van der Waals surface area contributed by atoms with Crippen molar-refractivity contribution in [3.05, 3.63) is 41.7 Å². The third-order valence-electron chi connectivity index (χ3n) is 3.51. The largest absolute Gasteiger partial charge is 0.492 e. The lowest BCUT2D eigenvalue weighted by Crippen LogP contribution is -2.20. The van der Waals surface area contributed by atoms with Gasteiger partial charge in [-0.25, -0.2) is 9.97 Å². The fourth-order valence-corrected chi connectivity index (χ4v) is 2.11. The summed E-state index contributed by atoms with van der Waals surface area (Å²) in [7, 11) is 0. The molecule has 1 heterocycles. The summed E-state index contributed by atoms with van der Waals surface area (Å²) in [5.41, 5.74) is 1.68. The van der Waals surface area contributed by atoms with Gasteiger partial charge >= 0.3 is 0 Å². The zero-order valence-electron chi connectivity index (χ0n) is 14.6. The molecule has 2 rings (SSSR count). The molecule has 2 aromatic rings. The second kappa shape index (κ2) is 8.29. The summed E-state index contributed by atoms with van der Waals surface area (Å²) in [6, 6.07) is 9.24. The van der Waals surface area contributed by atoms with Gasteiger partial charge in [0, 0.05) is 11.7 Å². The maximum atomic E-state index is 12.5. The van der Waals surface area contributed by atoms with E-state index in [0.717, 1.165) is 12.1 Å². The van der Waals surface area contributed by atoms with Gasteiger partial charge < -0.3 is 15.4 Å². The molecule has 0 bridgehead atoms. The number of hydrogen-bond acceptors (Lipinski definition) is 5. The van der Waals surface area contributed by atoms with Crippen molar-refractivity contribution in [1.29, 1.82) is 0 Å². The smallest absolute Gasteiger partial charge is 0.274 e. The first kappa shape index (κ1) is 17.7. The van der Waals surface area contributed by atoms with E-state index in [1.54, 1.807) is 12.1 Å². The maximum Gasteiger partial charge on any atom is 0.274 e. The molecule has 0 radical (unpaired) electrons. The van der Waals surface area contributed by atoms with E-state index in [1.165, 1.54) is 0 Å². The monoisotopic (exact) mass is 328 g/mol. The number of para-hydroxylation sites is 2. The molecule has 0 aliphatic rings. The van der Waals surface area contributed by atoms with E-state index in [1.807, 2.05) is 39.0 Å². The average Bonchev–Trinajstić information content (AvgIpc) is 2.56. The van der Waals surface area contributed by atoms with Gasteiger partial charge in [-0.2, -0.15) is 0 Å². The molecule has 0 saturated carbocycles. The molecule has 2 N–H and O–H groups in total. The Morgan fingerprint density at radius 3 is 2.71 bits per heavy atom. The van der Waals surface area contributed by atoms with Crippen molar-refractivity contribution in [2.24, 2.45) is 0 Å². The third kappa shape index (κ3) is 4.68. The highest BCUT2D eigenvalue weighted by atomic mass is 16.5. The molecule has 24 heavy (non-hydrogen) atoms. The number of nitrogens with one attached hydrogen (secondary N) is 2. The Kier molecular flexibility index (Phi) is 6.12. The molecule has 1 aromatic heterocycles. The number of carbonyl (C=O) groups is 1. The Hall–Kier alpha value is -2.63. The van der Waals surface area contributed by atoms with Gasteiger partial charge in [0.15, 0.2) is 0 Å². The van der Waals surface area contributed by atoms with Crippen LogP contribution in [0.4, 0.5) is 11.6 Å². The first-order chi connectivity index (χ1) is 11.5. The van der Waals surface area contributed by atoms with Crippen LogP contribution in [0.5, 0.6) is 5.75 Å². The molecule has 0 saturated heterocycles. The molecule has 1 amide bonds. The second-order valence-electron chi connectivity index (χ2n) is 5.56. The SMILES string of the molecule is CCOc1ccccc1NC(=O)c1cc(C)nc(NC(C)CC)n1. The molecule has 6 nitrogen and oxygen atoms in total. The van der Waals surface area contributed by atoms with Crippen molar-refractivity contribution in [2.45, 2.75) is 40.2 Å². The quantitative estimate of drug-likeness (QED) is 0.811. The van der Waals surface area contributed by atoms with Crippen molar-refractivity contribution in [3.63, 3.8) is 0 Å². The number of hydrogen-bond donors (Lipinski definition) is 2. The minimum Gasteiger partial charge on any atom is -0.492 e. The zero-order valence-corrected chi connectivity index (χ0v) is 14.6. The normalized spacial score (nSPS) is 11.7. The molecule has 1 unspecified atom stereocenters. The van der Waals surface area contributed by atoms with Crippen LogP contribution in [0.3, 0.4) is 0 Å². The summed E-state index contributed by atoms with van der Waals surface area (Å²) < 4.78 is 5.53. The van der Waals surface area contributed by atoms with Crippen LogP contribution >= 0.6 is 0 Å². The summed E-state index contributed by atoms with van der Waals surface area (Å²) in [5, 5.41) is 6.05. The van der Waals surface area contributed by atoms with Crippen molar-refractivity contribution < 1.29 is 9.53 Å². The number of amides is 1. The molecule has 0 aliphatic heterocycles. The van der Waals surface area contributed by atoms with E-state index in [-0.39, 0.29) is 11.9 Å². The Balaban J connectivity index is 2.21. The van der Waals surface area contributed by atoms with Crippen molar-refractivity contribution in [2.75, 3.05) is 17.2 Å². The van der Waals surface area contributed by atoms with E-state index in [0.29, 0.717) is 29.7 Å². The second-order valence-corrected chi connectivity index (χ2v) is 5.56. The topological polar surface area (TPSA) is 76.1 Å². The predicted octanol–water partition coefficient (Wildman–Crippen LogP) is 3.65. The number of aryl methyl sites for hydroxylation is 1. The lowest BCUT2D eigenvalue weighted by atomic mass is 10.2. The van der Waals surface area contributed by atoms with Crippen LogP contribution in [0.25, 0.3) is 0 Å². The van der Waals surface area contributed by atoms with Crippen LogP contribution in [0.15, 0.2) is 30.3 Å². The number of ether oxygens (including phenoxy) is 1. The number of benzene rings is 1. The van der Waals surface area contributed by atoms with Crippen LogP contribution in [0.2, 0.25) is 0 Å². The summed E-state index contributed by atoms with van der Waals surface area (Å²) in [6.45, 7) is 8.39. The fraction of sp³-hybridized carbons (Fsp3) is 0.389. The molecule has 0 spiro atoms. The molecule has 0 aliphatic carbocycles. The van der Waals surface area contributed by atoms with Gasteiger partial charge in [-0.05, 0) is 45.4 Å².